The van der Waals surface area contributed by atoms with Gasteiger partial charge in [-0.2, -0.15) is 0 Å². The summed E-state index contributed by atoms with van der Waals surface area (Å²) in [5, 5.41) is 6.27. The maximum atomic E-state index is 3.60. The van der Waals surface area contributed by atoms with Crippen molar-refractivity contribution in [3.63, 3.8) is 0 Å². The van der Waals surface area contributed by atoms with Gasteiger partial charge >= 0.3 is 0 Å². The molecule has 0 spiro atoms. The number of hydrogen-bond acceptors (Lipinski definition) is 2. The SMILES string of the molecule is c1ccc(Nc2ccccc2-c2cccc(-c3cccc(-c4cccc(-c5ccc6c(c5)sc5ccccc56)c4)c3)c2)cc1. The van der Waals surface area contributed by atoms with E-state index >= 15 is 0 Å². The molecule has 0 unspecified atom stereocenters. The fourth-order valence-corrected chi connectivity index (χ4v) is 7.19. The number of para-hydroxylation sites is 2. The summed E-state index contributed by atoms with van der Waals surface area (Å²) in [5.41, 5.74) is 11.8. The molecule has 0 saturated heterocycles. The molecule has 8 rings (SSSR count). The van der Waals surface area contributed by atoms with Crippen LogP contribution in [0.5, 0.6) is 0 Å². The zero-order valence-corrected chi connectivity index (χ0v) is 24.9. The molecule has 7 aromatic carbocycles. The Hall–Kier alpha value is -5.44. The number of hydrogen-bond donors (Lipinski definition) is 1. The van der Waals surface area contributed by atoms with Crippen LogP contribution in [0.3, 0.4) is 0 Å². The van der Waals surface area contributed by atoms with Gasteiger partial charge in [-0.3, -0.25) is 0 Å². The number of rotatable bonds is 6. The van der Waals surface area contributed by atoms with Crippen molar-refractivity contribution in [3.05, 3.63) is 170 Å². The Labute approximate surface area is 261 Å². The molecule has 1 N–H and O–H groups in total. The lowest BCUT2D eigenvalue weighted by molar-refractivity contribution is 1.53. The lowest BCUT2D eigenvalue weighted by atomic mass is 9.94. The summed E-state index contributed by atoms with van der Waals surface area (Å²) in [6, 6.07) is 61.0. The van der Waals surface area contributed by atoms with E-state index in [4.69, 9.17) is 0 Å². The highest BCUT2D eigenvalue weighted by atomic mass is 32.1. The fourth-order valence-electron chi connectivity index (χ4n) is 6.05. The van der Waals surface area contributed by atoms with E-state index in [1.165, 1.54) is 64.7 Å². The second-order valence-electron chi connectivity index (χ2n) is 11.1. The van der Waals surface area contributed by atoms with Crippen molar-refractivity contribution in [2.45, 2.75) is 0 Å². The molecule has 0 aliphatic rings. The Morgan fingerprint density at radius 3 is 1.57 bits per heavy atom. The molecule has 2 heteroatoms. The number of anilines is 2. The Morgan fingerprint density at radius 1 is 0.341 bits per heavy atom. The largest absolute Gasteiger partial charge is 0.355 e. The van der Waals surface area contributed by atoms with Gasteiger partial charge in [0, 0.05) is 37.1 Å². The van der Waals surface area contributed by atoms with Gasteiger partial charge in [-0.25, -0.2) is 0 Å². The van der Waals surface area contributed by atoms with E-state index in [2.05, 4.69) is 169 Å². The highest BCUT2D eigenvalue weighted by Crippen LogP contribution is 2.38. The normalized spacial score (nSPS) is 11.2. The molecule has 44 heavy (non-hydrogen) atoms. The van der Waals surface area contributed by atoms with E-state index < -0.39 is 0 Å². The first-order valence-electron chi connectivity index (χ1n) is 14.9. The molecule has 1 heterocycles. The Kier molecular flexibility index (Phi) is 6.75. The second-order valence-corrected chi connectivity index (χ2v) is 12.2. The maximum absolute atomic E-state index is 3.60. The predicted molar refractivity (Wildman–Crippen MR) is 191 cm³/mol. The van der Waals surface area contributed by atoms with Crippen LogP contribution in [-0.4, -0.2) is 0 Å². The number of fused-ring (bicyclic) bond motifs is 3. The van der Waals surface area contributed by atoms with Gasteiger partial charge in [0.15, 0.2) is 0 Å². The first-order valence-corrected chi connectivity index (χ1v) is 15.7. The Bertz CT molecular complexity index is 2260. The van der Waals surface area contributed by atoms with Crippen LogP contribution in [0.2, 0.25) is 0 Å². The molecular weight excluding hydrogens is 551 g/mol. The zero-order chi connectivity index (χ0) is 29.3. The molecule has 0 fully saturated rings. The van der Waals surface area contributed by atoms with E-state index in [1.54, 1.807) is 0 Å². The average Bonchev–Trinajstić information content (AvgIpc) is 3.47. The van der Waals surface area contributed by atoms with Crippen molar-refractivity contribution < 1.29 is 0 Å². The van der Waals surface area contributed by atoms with Crippen LogP contribution in [0.1, 0.15) is 0 Å². The lowest BCUT2D eigenvalue weighted by Crippen LogP contribution is -1.93. The maximum Gasteiger partial charge on any atom is 0.0463 e. The van der Waals surface area contributed by atoms with Gasteiger partial charge in [0.05, 0.1) is 0 Å². The summed E-state index contributed by atoms with van der Waals surface area (Å²) < 4.78 is 2.67. The quantitative estimate of drug-likeness (QED) is 0.207. The van der Waals surface area contributed by atoms with E-state index in [0.717, 1.165) is 11.4 Å². The predicted octanol–water partition coefficient (Wildman–Crippen LogP) is 12.5. The molecule has 1 aromatic heterocycles. The minimum absolute atomic E-state index is 1.08. The van der Waals surface area contributed by atoms with Crippen LogP contribution in [0.4, 0.5) is 11.4 Å². The first kappa shape index (κ1) is 26.2. The van der Waals surface area contributed by atoms with Crippen molar-refractivity contribution in [3.8, 4) is 44.5 Å². The third-order valence-corrected chi connectivity index (χ3v) is 9.39. The third-order valence-electron chi connectivity index (χ3n) is 8.26. The standard InChI is InChI=1S/C42H29NS/c1-2-17-36(18-3-1)43-40-21-6-4-19-37(40)35-16-10-15-33(27-35)31-13-8-11-29(25-31)30-12-9-14-32(26-30)34-23-24-39-38-20-5-7-22-41(38)44-42(39)28-34/h1-28,43H. The van der Waals surface area contributed by atoms with Crippen LogP contribution >= 0.6 is 11.3 Å². The van der Waals surface area contributed by atoms with Gasteiger partial charge in [0.1, 0.15) is 0 Å². The van der Waals surface area contributed by atoms with Crippen molar-refractivity contribution in [1.82, 2.24) is 0 Å². The molecule has 0 bridgehead atoms. The molecule has 0 atom stereocenters. The highest BCUT2D eigenvalue weighted by molar-refractivity contribution is 7.25. The number of thiophene rings is 1. The van der Waals surface area contributed by atoms with E-state index in [1.807, 2.05) is 17.4 Å². The molecule has 0 amide bonds. The summed E-state index contributed by atoms with van der Waals surface area (Å²) in [5.74, 6) is 0. The molecule has 208 valence electrons. The Balaban J connectivity index is 1.12. The Morgan fingerprint density at radius 2 is 0.864 bits per heavy atom. The van der Waals surface area contributed by atoms with Crippen LogP contribution in [0.25, 0.3) is 64.7 Å². The van der Waals surface area contributed by atoms with Crippen LogP contribution in [-0.2, 0) is 0 Å². The lowest BCUT2D eigenvalue weighted by Gasteiger charge is -2.14. The number of nitrogens with one attached hydrogen (secondary N) is 1. The van der Waals surface area contributed by atoms with Gasteiger partial charge in [0.2, 0.25) is 0 Å². The molecule has 1 nitrogen and oxygen atoms in total. The minimum atomic E-state index is 1.08. The summed E-state index contributed by atoms with van der Waals surface area (Å²) >= 11 is 1.87. The van der Waals surface area contributed by atoms with Crippen LogP contribution in [0.15, 0.2) is 170 Å². The smallest absolute Gasteiger partial charge is 0.0463 e. The van der Waals surface area contributed by atoms with Crippen molar-refractivity contribution in [2.75, 3.05) is 5.32 Å². The summed E-state index contributed by atoms with van der Waals surface area (Å²) in [6.07, 6.45) is 0. The summed E-state index contributed by atoms with van der Waals surface area (Å²) in [7, 11) is 0. The van der Waals surface area contributed by atoms with Crippen molar-refractivity contribution >= 4 is 42.9 Å². The van der Waals surface area contributed by atoms with Crippen LogP contribution in [0, 0.1) is 0 Å². The van der Waals surface area contributed by atoms with Gasteiger partial charge in [0.25, 0.3) is 0 Å². The topological polar surface area (TPSA) is 12.0 Å². The van der Waals surface area contributed by atoms with Crippen molar-refractivity contribution in [1.29, 1.82) is 0 Å². The second kappa shape index (κ2) is 11.3. The van der Waals surface area contributed by atoms with Gasteiger partial charge < -0.3 is 5.32 Å². The third kappa shape index (κ3) is 5.06. The molecule has 0 radical (unpaired) electrons. The summed E-state index contributed by atoms with van der Waals surface area (Å²) in [6.45, 7) is 0. The number of benzene rings is 7. The van der Waals surface area contributed by atoms with E-state index in [9.17, 15) is 0 Å². The zero-order valence-electron chi connectivity index (χ0n) is 24.1. The highest BCUT2D eigenvalue weighted by Gasteiger charge is 2.10. The molecule has 0 aliphatic heterocycles. The average molecular weight is 580 g/mol. The molecule has 0 aliphatic carbocycles. The minimum Gasteiger partial charge on any atom is -0.355 e. The van der Waals surface area contributed by atoms with E-state index in [0.29, 0.717) is 0 Å². The van der Waals surface area contributed by atoms with Crippen LogP contribution < -0.4 is 5.32 Å². The fraction of sp³-hybridized carbons (Fsp3) is 0. The monoisotopic (exact) mass is 579 g/mol. The van der Waals surface area contributed by atoms with Gasteiger partial charge in [-0.1, -0.05) is 121 Å². The van der Waals surface area contributed by atoms with E-state index in [-0.39, 0.29) is 0 Å². The summed E-state index contributed by atoms with van der Waals surface area (Å²) in [4.78, 5) is 0. The van der Waals surface area contributed by atoms with Crippen molar-refractivity contribution in [2.24, 2.45) is 0 Å². The molecular formula is C42H29NS. The molecule has 8 aromatic rings. The van der Waals surface area contributed by atoms with Gasteiger partial charge in [-0.15, -0.1) is 11.3 Å². The first-order chi connectivity index (χ1) is 21.8. The molecule has 0 saturated carbocycles. The van der Waals surface area contributed by atoms with Gasteiger partial charge in [-0.05, 0) is 87.5 Å².